The summed E-state index contributed by atoms with van der Waals surface area (Å²) in [7, 11) is 1.60. The van der Waals surface area contributed by atoms with Crippen LogP contribution in [0.1, 0.15) is 16.5 Å². The van der Waals surface area contributed by atoms with Crippen LogP contribution in [0.5, 0.6) is 5.75 Å². The molecule has 4 nitrogen and oxygen atoms in total. The third kappa shape index (κ3) is 4.74. The van der Waals surface area contributed by atoms with E-state index in [1.165, 1.54) is 11.3 Å². The average Bonchev–Trinajstić information content (AvgIpc) is 2.92. The summed E-state index contributed by atoms with van der Waals surface area (Å²) >= 11 is 7.11. The average molecular weight is 326 g/mol. The second-order valence-electron chi connectivity index (χ2n) is 4.49. The van der Waals surface area contributed by atoms with E-state index >= 15 is 0 Å². The number of carbonyl (C=O) groups excluding carboxylic acids is 1. The van der Waals surface area contributed by atoms with Crippen LogP contribution in [0, 0.1) is 0 Å². The number of amides is 1. The number of rotatable bonds is 6. The van der Waals surface area contributed by atoms with Gasteiger partial charge in [-0.1, -0.05) is 23.7 Å². The van der Waals surface area contributed by atoms with Crippen molar-refractivity contribution in [3.8, 4) is 5.75 Å². The van der Waals surface area contributed by atoms with Crippen molar-refractivity contribution in [3.05, 3.63) is 51.2 Å². The highest BCUT2D eigenvalue weighted by atomic mass is 35.5. The Kier molecular flexibility index (Phi) is 5.61. The molecule has 6 heteroatoms. The Labute approximate surface area is 132 Å². The van der Waals surface area contributed by atoms with Gasteiger partial charge in [0.05, 0.1) is 17.9 Å². The number of ether oxygens (including phenoxy) is 1. The Balaban J connectivity index is 1.81. The molecule has 0 saturated heterocycles. The molecular weight excluding hydrogens is 310 g/mol. The quantitative estimate of drug-likeness (QED) is 0.858. The molecule has 0 saturated carbocycles. The van der Waals surface area contributed by atoms with Gasteiger partial charge in [-0.15, -0.1) is 11.3 Å². The fourth-order valence-electron chi connectivity index (χ4n) is 1.81. The number of carbonyl (C=O) groups is 1. The lowest BCUT2D eigenvalue weighted by Gasteiger charge is -2.10. The first kappa shape index (κ1) is 15.8. The molecule has 2 aromatic rings. The fourth-order valence-corrected chi connectivity index (χ4v) is 2.86. The lowest BCUT2D eigenvalue weighted by Crippen LogP contribution is -2.29. The van der Waals surface area contributed by atoms with E-state index in [0.29, 0.717) is 4.34 Å². The first-order valence-electron chi connectivity index (χ1n) is 6.41. The minimum Gasteiger partial charge on any atom is -0.497 e. The van der Waals surface area contributed by atoms with Crippen LogP contribution in [0.15, 0.2) is 36.4 Å². The van der Waals surface area contributed by atoms with Crippen LogP contribution in [0.2, 0.25) is 4.34 Å². The van der Waals surface area contributed by atoms with Crippen molar-refractivity contribution >= 4 is 28.8 Å². The molecule has 0 aliphatic carbocycles. The van der Waals surface area contributed by atoms with E-state index in [1.807, 2.05) is 24.3 Å². The van der Waals surface area contributed by atoms with Gasteiger partial charge in [-0.25, -0.2) is 0 Å². The van der Waals surface area contributed by atoms with E-state index in [2.05, 4.69) is 5.32 Å². The number of methoxy groups -OCH3 is 1. The van der Waals surface area contributed by atoms with Crippen LogP contribution >= 0.6 is 22.9 Å². The summed E-state index contributed by atoms with van der Waals surface area (Å²) < 4.78 is 5.68. The second-order valence-corrected chi connectivity index (χ2v) is 6.23. The lowest BCUT2D eigenvalue weighted by atomic mass is 10.1. The van der Waals surface area contributed by atoms with Crippen molar-refractivity contribution < 1.29 is 14.6 Å². The van der Waals surface area contributed by atoms with Crippen molar-refractivity contribution in [1.29, 1.82) is 0 Å². The van der Waals surface area contributed by atoms with Gasteiger partial charge in [-0.2, -0.15) is 0 Å². The molecule has 21 heavy (non-hydrogen) atoms. The number of hydrogen-bond acceptors (Lipinski definition) is 4. The summed E-state index contributed by atoms with van der Waals surface area (Å²) in [5.74, 6) is 0.617. The standard InChI is InChI=1S/C15H16ClNO3S/c1-20-11-4-2-10(3-5-11)8-15(19)17-9-12(18)13-6-7-14(16)21-13/h2-7,12,18H,8-9H2,1H3,(H,17,19)/t12-/m1/s1. The van der Waals surface area contributed by atoms with Gasteiger partial charge in [0.15, 0.2) is 0 Å². The zero-order valence-electron chi connectivity index (χ0n) is 11.5. The molecule has 0 fully saturated rings. The summed E-state index contributed by atoms with van der Waals surface area (Å²) in [6.07, 6.45) is -0.468. The van der Waals surface area contributed by atoms with Crippen LogP contribution in [0.4, 0.5) is 0 Å². The predicted octanol–water partition coefficient (Wildman–Crippen LogP) is 2.80. The Morgan fingerprint density at radius 1 is 1.33 bits per heavy atom. The first-order chi connectivity index (χ1) is 10.1. The van der Waals surface area contributed by atoms with Crippen molar-refractivity contribution in [1.82, 2.24) is 5.32 Å². The minimum atomic E-state index is -0.734. The molecule has 1 aromatic heterocycles. The number of halogens is 1. The molecule has 0 aliphatic rings. The van der Waals surface area contributed by atoms with Gasteiger partial charge in [-0.05, 0) is 29.8 Å². The summed E-state index contributed by atoms with van der Waals surface area (Å²) in [5.41, 5.74) is 0.891. The topological polar surface area (TPSA) is 58.6 Å². The maximum Gasteiger partial charge on any atom is 0.224 e. The van der Waals surface area contributed by atoms with Gasteiger partial charge in [-0.3, -0.25) is 4.79 Å². The molecule has 0 aliphatic heterocycles. The third-order valence-electron chi connectivity index (χ3n) is 2.94. The SMILES string of the molecule is COc1ccc(CC(=O)NC[C@@H](O)c2ccc(Cl)s2)cc1. The summed E-state index contributed by atoms with van der Waals surface area (Å²) in [5, 5.41) is 12.6. The lowest BCUT2D eigenvalue weighted by molar-refractivity contribution is -0.120. The Morgan fingerprint density at radius 3 is 2.62 bits per heavy atom. The Hall–Kier alpha value is -1.56. The van der Waals surface area contributed by atoms with Crippen molar-refractivity contribution in [2.45, 2.75) is 12.5 Å². The van der Waals surface area contributed by atoms with Gasteiger partial charge < -0.3 is 15.2 Å². The number of nitrogens with one attached hydrogen (secondary N) is 1. The fraction of sp³-hybridized carbons (Fsp3) is 0.267. The van der Waals surface area contributed by atoms with Crippen molar-refractivity contribution in [3.63, 3.8) is 0 Å². The van der Waals surface area contributed by atoms with E-state index in [-0.39, 0.29) is 18.9 Å². The van der Waals surface area contributed by atoms with Crippen LogP contribution in [0.25, 0.3) is 0 Å². The van der Waals surface area contributed by atoms with Crippen LogP contribution < -0.4 is 10.1 Å². The third-order valence-corrected chi connectivity index (χ3v) is 4.27. The Morgan fingerprint density at radius 2 is 2.05 bits per heavy atom. The monoisotopic (exact) mass is 325 g/mol. The van der Waals surface area contributed by atoms with Crippen molar-refractivity contribution in [2.24, 2.45) is 0 Å². The number of aliphatic hydroxyl groups is 1. The highest BCUT2D eigenvalue weighted by Crippen LogP contribution is 2.26. The van der Waals surface area contributed by atoms with Gasteiger partial charge in [0.25, 0.3) is 0 Å². The number of benzene rings is 1. The van der Waals surface area contributed by atoms with Gasteiger partial charge in [0.2, 0.25) is 5.91 Å². The van der Waals surface area contributed by atoms with Gasteiger partial charge in [0.1, 0.15) is 11.9 Å². The maximum absolute atomic E-state index is 11.8. The molecule has 1 aromatic carbocycles. The maximum atomic E-state index is 11.8. The second kappa shape index (κ2) is 7.45. The largest absolute Gasteiger partial charge is 0.497 e. The number of hydrogen-bond donors (Lipinski definition) is 2. The van der Waals surface area contributed by atoms with Gasteiger partial charge in [0, 0.05) is 11.4 Å². The molecule has 0 radical (unpaired) electrons. The summed E-state index contributed by atoms with van der Waals surface area (Å²) in [6, 6.07) is 10.8. The number of aliphatic hydroxyl groups excluding tert-OH is 1. The molecular formula is C15H16ClNO3S. The molecule has 1 heterocycles. The molecule has 2 N–H and O–H groups in total. The normalized spacial score (nSPS) is 12.0. The zero-order chi connectivity index (χ0) is 15.2. The molecule has 1 amide bonds. The van der Waals surface area contributed by atoms with Gasteiger partial charge >= 0.3 is 0 Å². The number of thiophene rings is 1. The van der Waals surface area contributed by atoms with E-state index in [4.69, 9.17) is 16.3 Å². The van der Waals surface area contributed by atoms with Crippen molar-refractivity contribution in [2.75, 3.05) is 13.7 Å². The Bertz CT molecular complexity index is 597. The van der Waals surface area contributed by atoms with E-state index in [1.54, 1.807) is 19.2 Å². The van der Waals surface area contributed by atoms with Crippen LogP contribution in [-0.4, -0.2) is 24.7 Å². The molecule has 0 unspecified atom stereocenters. The molecule has 0 spiro atoms. The summed E-state index contributed by atoms with van der Waals surface area (Å²) in [4.78, 5) is 12.6. The highest BCUT2D eigenvalue weighted by molar-refractivity contribution is 7.16. The van der Waals surface area contributed by atoms with Crippen LogP contribution in [-0.2, 0) is 11.2 Å². The summed E-state index contributed by atoms with van der Waals surface area (Å²) in [6.45, 7) is 0.172. The zero-order valence-corrected chi connectivity index (χ0v) is 13.1. The van der Waals surface area contributed by atoms with Crippen LogP contribution in [0.3, 0.4) is 0 Å². The first-order valence-corrected chi connectivity index (χ1v) is 7.61. The minimum absolute atomic E-state index is 0.137. The van der Waals surface area contributed by atoms with E-state index < -0.39 is 6.10 Å². The molecule has 0 bridgehead atoms. The molecule has 112 valence electrons. The predicted molar refractivity (Wildman–Crippen MR) is 84.0 cm³/mol. The smallest absolute Gasteiger partial charge is 0.224 e. The molecule has 2 rings (SSSR count). The van der Waals surface area contributed by atoms with E-state index in [0.717, 1.165) is 16.2 Å². The van der Waals surface area contributed by atoms with E-state index in [9.17, 15) is 9.90 Å². The molecule has 1 atom stereocenters. The highest BCUT2D eigenvalue weighted by Gasteiger charge is 2.12.